The fourth-order valence-corrected chi connectivity index (χ4v) is 3.66. The zero-order valence-electron chi connectivity index (χ0n) is 13.7. The van der Waals surface area contributed by atoms with Gasteiger partial charge < -0.3 is 5.32 Å². The van der Waals surface area contributed by atoms with Crippen LogP contribution in [0.5, 0.6) is 0 Å². The maximum Gasteiger partial charge on any atom is 0.0372 e. The van der Waals surface area contributed by atoms with Crippen molar-refractivity contribution >= 4 is 0 Å². The van der Waals surface area contributed by atoms with Crippen LogP contribution in [0.1, 0.15) is 63.8 Å². The van der Waals surface area contributed by atoms with Gasteiger partial charge >= 0.3 is 0 Å². The SMILES string of the molecule is CNC(c1ccc(C)nc1)C1CCC(C(C)(C)C)CC1. The van der Waals surface area contributed by atoms with Crippen molar-refractivity contribution in [2.45, 2.75) is 59.4 Å². The van der Waals surface area contributed by atoms with Crippen LogP contribution >= 0.6 is 0 Å². The van der Waals surface area contributed by atoms with Crippen LogP contribution in [-0.2, 0) is 0 Å². The lowest BCUT2D eigenvalue weighted by Crippen LogP contribution is -2.32. The predicted octanol–water partition coefficient (Wildman–Crippen LogP) is 4.50. The van der Waals surface area contributed by atoms with Gasteiger partial charge in [0.1, 0.15) is 0 Å². The van der Waals surface area contributed by atoms with Crippen LogP contribution < -0.4 is 5.32 Å². The molecule has 1 saturated carbocycles. The molecule has 0 saturated heterocycles. The maximum atomic E-state index is 4.46. The van der Waals surface area contributed by atoms with Gasteiger partial charge in [-0.1, -0.05) is 26.8 Å². The van der Waals surface area contributed by atoms with E-state index in [9.17, 15) is 0 Å². The maximum absolute atomic E-state index is 4.46. The van der Waals surface area contributed by atoms with E-state index in [2.05, 4.69) is 50.3 Å². The Bertz CT molecular complexity index is 408. The molecule has 112 valence electrons. The number of aromatic nitrogens is 1. The lowest BCUT2D eigenvalue weighted by atomic mass is 9.68. The molecule has 0 bridgehead atoms. The van der Waals surface area contributed by atoms with Crippen molar-refractivity contribution in [1.82, 2.24) is 10.3 Å². The van der Waals surface area contributed by atoms with Gasteiger partial charge in [0.2, 0.25) is 0 Å². The predicted molar refractivity (Wildman–Crippen MR) is 85.7 cm³/mol. The third kappa shape index (κ3) is 3.60. The highest BCUT2D eigenvalue weighted by atomic mass is 14.9. The Hall–Kier alpha value is -0.890. The first kappa shape index (κ1) is 15.5. The summed E-state index contributed by atoms with van der Waals surface area (Å²) < 4.78 is 0. The summed E-state index contributed by atoms with van der Waals surface area (Å²) in [5, 5.41) is 3.52. The molecule has 1 unspecified atom stereocenters. The van der Waals surface area contributed by atoms with Crippen molar-refractivity contribution in [2.75, 3.05) is 7.05 Å². The summed E-state index contributed by atoms with van der Waals surface area (Å²) in [6.45, 7) is 9.21. The lowest BCUT2D eigenvalue weighted by Gasteiger charge is -2.39. The largest absolute Gasteiger partial charge is 0.313 e. The lowest BCUT2D eigenvalue weighted by molar-refractivity contribution is 0.134. The van der Waals surface area contributed by atoms with Gasteiger partial charge in [0.15, 0.2) is 0 Å². The Kier molecular flexibility index (Phi) is 4.85. The Balaban J connectivity index is 2.02. The Morgan fingerprint density at radius 2 is 1.80 bits per heavy atom. The number of hydrogen-bond donors (Lipinski definition) is 1. The van der Waals surface area contributed by atoms with Gasteiger partial charge in [-0.3, -0.25) is 4.98 Å². The highest BCUT2D eigenvalue weighted by molar-refractivity contribution is 5.18. The van der Waals surface area contributed by atoms with E-state index in [4.69, 9.17) is 0 Å². The van der Waals surface area contributed by atoms with E-state index in [1.165, 1.54) is 31.2 Å². The van der Waals surface area contributed by atoms with Gasteiger partial charge in [0.05, 0.1) is 0 Å². The van der Waals surface area contributed by atoms with Crippen molar-refractivity contribution < 1.29 is 0 Å². The minimum absolute atomic E-state index is 0.462. The van der Waals surface area contributed by atoms with Crippen LogP contribution in [0.4, 0.5) is 0 Å². The number of pyridine rings is 1. The third-order valence-electron chi connectivity index (χ3n) is 5.07. The van der Waals surface area contributed by atoms with E-state index in [0.29, 0.717) is 11.5 Å². The fraction of sp³-hybridized carbons (Fsp3) is 0.722. The third-order valence-corrected chi connectivity index (χ3v) is 5.07. The Labute approximate surface area is 124 Å². The summed E-state index contributed by atoms with van der Waals surface area (Å²) in [5.41, 5.74) is 2.91. The first-order valence-corrected chi connectivity index (χ1v) is 8.01. The fourth-order valence-electron chi connectivity index (χ4n) is 3.66. The summed E-state index contributed by atoms with van der Waals surface area (Å²) >= 11 is 0. The molecule has 1 aliphatic carbocycles. The monoisotopic (exact) mass is 274 g/mol. The second kappa shape index (κ2) is 6.26. The molecule has 1 aromatic rings. The highest BCUT2D eigenvalue weighted by Gasteiger charge is 2.32. The number of nitrogens with zero attached hydrogens (tertiary/aromatic N) is 1. The van der Waals surface area contributed by atoms with E-state index < -0.39 is 0 Å². The van der Waals surface area contributed by atoms with Gasteiger partial charge in [0.25, 0.3) is 0 Å². The molecule has 20 heavy (non-hydrogen) atoms. The topological polar surface area (TPSA) is 24.9 Å². The van der Waals surface area contributed by atoms with Crippen LogP contribution in [0.25, 0.3) is 0 Å². The molecule has 2 nitrogen and oxygen atoms in total. The van der Waals surface area contributed by atoms with Crippen molar-refractivity contribution in [2.24, 2.45) is 17.3 Å². The van der Waals surface area contributed by atoms with Crippen LogP contribution in [0.15, 0.2) is 18.3 Å². The van der Waals surface area contributed by atoms with Gasteiger partial charge in [-0.05, 0) is 68.5 Å². The summed E-state index contributed by atoms with van der Waals surface area (Å²) in [7, 11) is 2.08. The molecule has 1 aromatic heterocycles. The molecule has 1 N–H and O–H groups in total. The summed E-state index contributed by atoms with van der Waals surface area (Å²) in [5.74, 6) is 1.63. The summed E-state index contributed by atoms with van der Waals surface area (Å²) in [6.07, 6.45) is 7.45. The zero-order chi connectivity index (χ0) is 14.8. The van der Waals surface area contributed by atoms with Gasteiger partial charge in [-0.25, -0.2) is 0 Å². The van der Waals surface area contributed by atoms with Gasteiger partial charge in [0, 0.05) is 17.9 Å². The molecule has 0 amide bonds. The van der Waals surface area contributed by atoms with Crippen LogP contribution in [0.2, 0.25) is 0 Å². The van der Waals surface area contributed by atoms with E-state index in [1.807, 2.05) is 13.1 Å². The molecule has 2 heteroatoms. The van der Waals surface area contributed by atoms with Crippen molar-refractivity contribution in [3.8, 4) is 0 Å². The number of rotatable bonds is 3. The van der Waals surface area contributed by atoms with Crippen molar-refractivity contribution in [1.29, 1.82) is 0 Å². The molecular formula is C18H30N2. The summed E-state index contributed by atoms with van der Waals surface area (Å²) in [4.78, 5) is 4.46. The second-order valence-electron chi connectivity index (χ2n) is 7.48. The molecule has 1 fully saturated rings. The van der Waals surface area contributed by atoms with Crippen molar-refractivity contribution in [3.05, 3.63) is 29.6 Å². The smallest absolute Gasteiger partial charge is 0.0372 e. The Morgan fingerprint density at radius 1 is 1.15 bits per heavy atom. The number of nitrogens with one attached hydrogen (secondary N) is 1. The molecule has 0 spiro atoms. The van der Waals surface area contributed by atoms with Gasteiger partial charge in [-0.2, -0.15) is 0 Å². The molecule has 2 rings (SSSR count). The van der Waals surface area contributed by atoms with Gasteiger partial charge in [-0.15, -0.1) is 0 Å². The zero-order valence-corrected chi connectivity index (χ0v) is 13.7. The number of hydrogen-bond acceptors (Lipinski definition) is 2. The molecule has 1 aliphatic rings. The standard InChI is InChI=1S/C18H30N2/c1-13-6-7-15(12-20-13)17(19-5)14-8-10-16(11-9-14)18(2,3)4/h6-7,12,14,16-17,19H,8-11H2,1-5H3. The van der Waals surface area contributed by atoms with E-state index in [1.54, 1.807) is 0 Å². The normalized spacial score (nSPS) is 25.4. The average Bonchev–Trinajstić information content (AvgIpc) is 2.41. The molecule has 0 aliphatic heterocycles. The quantitative estimate of drug-likeness (QED) is 0.877. The van der Waals surface area contributed by atoms with Crippen LogP contribution in [0, 0.1) is 24.2 Å². The molecule has 1 heterocycles. The van der Waals surface area contributed by atoms with E-state index in [-0.39, 0.29) is 0 Å². The molecule has 1 atom stereocenters. The first-order chi connectivity index (χ1) is 9.41. The molecule has 0 radical (unpaired) electrons. The molecular weight excluding hydrogens is 244 g/mol. The van der Waals surface area contributed by atoms with Crippen LogP contribution in [-0.4, -0.2) is 12.0 Å². The van der Waals surface area contributed by atoms with E-state index in [0.717, 1.165) is 17.5 Å². The first-order valence-electron chi connectivity index (χ1n) is 8.01. The van der Waals surface area contributed by atoms with Crippen LogP contribution in [0.3, 0.4) is 0 Å². The second-order valence-corrected chi connectivity index (χ2v) is 7.48. The minimum Gasteiger partial charge on any atom is -0.313 e. The van der Waals surface area contributed by atoms with E-state index >= 15 is 0 Å². The minimum atomic E-state index is 0.462. The number of aryl methyl sites for hydroxylation is 1. The summed E-state index contributed by atoms with van der Waals surface area (Å²) in [6, 6.07) is 4.82. The van der Waals surface area contributed by atoms with Crippen molar-refractivity contribution in [3.63, 3.8) is 0 Å². The Morgan fingerprint density at radius 3 is 2.25 bits per heavy atom. The molecule has 0 aromatic carbocycles. The highest BCUT2D eigenvalue weighted by Crippen LogP contribution is 2.43. The average molecular weight is 274 g/mol.